The number of rotatable bonds is 9. The molecular weight excluding hydrogens is 474 g/mol. The molecule has 1 aromatic heterocycles. The van der Waals surface area contributed by atoms with Crippen molar-refractivity contribution in [3.8, 4) is 5.88 Å². The van der Waals surface area contributed by atoms with Crippen LogP contribution in [0, 0.1) is 12.7 Å². The number of aromatic nitrogens is 1. The monoisotopic (exact) mass is 502 g/mol. The summed E-state index contributed by atoms with van der Waals surface area (Å²) in [5.74, 6) is 0.998. The molecule has 0 aliphatic rings. The highest BCUT2D eigenvalue weighted by molar-refractivity contribution is 14.0. The second-order valence-corrected chi connectivity index (χ2v) is 5.94. The van der Waals surface area contributed by atoms with Crippen molar-refractivity contribution in [1.29, 1.82) is 0 Å². The molecule has 2 aromatic rings. The topological polar surface area (TPSA) is 67.8 Å². The summed E-state index contributed by atoms with van der Waals surface area (Å²) < 4.78 is 24.3. The number of methoxy groups -OCH3 is 1. The van der Waals surface area contributed by atoms with E-state index in [4.69, 9.17) is 9.47 Å². The van der Waals surface area contributed by atoms with Gasteiger partial charge in [-0.2, -0.15) is 0 Å². The summed E-state index contributed by atoms with van der Waals surface area (Å²) in [6.45, 7) is 6.29. The summed E-state index contributed by atoms with van der Waals surface area (Å²) in [5.41, 5.74) is 2.37. The third-order valence-corrected chi connectivity index (χ3v) is 3.82. The summed E-state index contributed by atoms with van der Waals surface area (Å²) in [5, 5.41) is 6.44. The van der Waals surface area contributed by atoms with Gasteiger partial charge in [0.25, 0.3) is 0 Å². The zero-order valence-electron chi connectivity index (χ0n) is 16.5. The van der Waals surface area contributed by atoms with Gasteiger partial charge in [0, 0.05) is 32.0 Å². The zero-order valence-corrected chi connectivity index (χ0v) is 18.8. The second-order valence-electron chi connectivity index (χ2n) is 5.94. The normalized spacial score (nSPS) is 10.9. The summed E-state index contributed by atoms with van der Waals surface area (Å²) in [7, 11) is 1.63. The molecule has 1 aromatic carbocycles. The van der Waals surface area contributed by atoms with Gasteiger partial charge < -0.3 is 20.1 Å². The molecule has 0 amide bonds. The van der Waals surface area contributed by atoms with Gasteiger partial charge in [0.05, 0.1) is 13.2 Å². The van der Waals surface area contributed by atoms with Crippen molar-refractivity contribution in [2.45, 2.75) is 26.9 Å². The fourth-order valence-electron chi connectivity index (χ4n) is 2.34. The fourth-order valence-corrected chi connectivity index (χ4v) is 2.34. The minimum Gasteiger partial charge on any atom is -0.475 e. The van der Waals surface area contributed by atoms with Crippen LogP contribution in [-0.4, -0.2) is 37.8 Å². The van der Waals surface area contributed by atoms with Crippen LogP contribution >= 0.6 is 24.0 Å². The van der Waals surface area contributed by atoms with Gasteiger partial charge in [-0.3, -0.25) is 0 Å². The molecule has 28 heavy (non-hydrogen) atoms. The van der Waals surface area contributed by atoms with Gasteiger partial charge in [0.1, 0.15) is 12.4 Å². The number of hydrogen-bond donors (Lipinski definition) is 2. The number of aliphatic imine (C=N–C) groups is 1. The van der Waals surface area contributed by atoms with Gasteiger partial charge in [-0.15, -0.1) is 24.0 Å². The molecular formula is C20H28FIN4O2. The van der Waals surface area contributed by atoms with Crippen molar-refractivity contribution in [1.82, 2.24) is 15.6 Å². The van der Waals surface area contributed by atoms with E-state index in [2.05, 4.69) is 20.6 Å². The molecule has 0 saturated heterocycles. The largest absolute Gasteiger partial charge is 0.475 e. The van der Waals surface area contributed by atoms with Crippen LogP contribution in [0.4, 0.5) is 4.39 Å². The lowest BCUT2D eigenvalue weighted by Gasteiger charge is -2.14. The van der Waals surface area contributed by atoms with Crippen molar-refractivity contribution >= 4 is 29.9 Å². The predicted octanol–water partition coefficient (Wildman–Crippen LogP) is 3.43. The molecule has 0 saturated carbocycles. The Bertz CT molecular complexity index is 759. The van der Waals surface area contributed by atoms with E-state index in [1.807, 2.05) is 25.1 Å². The Labute approximate surface area is 183 Å². The van der Waals surface area contributed by atoms with Crippen LogP contribution in [0.2, 0.25) is 0 Å². The highest BCUT2D eigenvalue weighted by Crippen LogP contribution is 2.14. The molecule has 0 atom stereocenters. The fraction of sp³-hybridized carbons (Fsp3) is 0.400. The van der Waals surface area contributed by atoms with Gasteiger partial charge in [-0.1, -0.05) is 18.2 Å². The number of ether oxygens (including phenoxy) is 2. The van der Waals surface area contributed by atoms with Crippen LogP contribution in [0.3, 0.4) is 0 Å². The summed E-state index contributed by atoms with van der Waals surface area (Å²) in [6.07, 6.45) is 1.69. The van der Waals surface area contributed by atoms with Crippen LogP contribution in [0.1, 0.15) is 23.6 Å². The number of nitrogens with zero attached hydrogens (tertiary/aromatic N) is 2. The number of hydrogen-bond acceptors (Lipinski definition) is 4. The standard InChI is InChI=1S/C20H27FN4O2.HI/c1-4-22-20(24-13-16-8-7-15(2)18(21)12-16)25-14-17-6-5-9-23-19(17)27-11-10-26-3;/h5-9,12H,4,10-11,13-14H2,1-3H3,(H2,22,24,25);1H. The number of pyridine rings is 1. The Kier molecular flexibility index (Phi) is 11.4. The van der Waals surface area contributed by atoms with Crippen LogP contribution in [-0.2, 0) is 17.8 Å². The summed E-state index contributed by atoms with van der Waals surface area (Å²) in [6, 6.07) is 8.97. The lowest BCUT2D eigenvalue weighted by atomic mass is 10.1. The molecule has 0 aliphatic carbocycles. The van der Waals surface area contributed by atoms with E-state index in [0.29, 0.717) is 43.7 Å². The number of guanidine groups is 1. The Balaban J connectivity index is 0.00000392. The van der Waals surface area contributed by atoms with Crippen molar-refractivity contribution in [3.05, 3.63) is 59.0 Å². The SMILES string of the molecule is CCNC(=NCc1ccc(C)c(F)c1)NCc1cccnc1OCCOC.I. The summed E-state index contributed by atoms with van der Waals surface area (Å²) >= 11 is 0. The Morgan fingerprint density at radius 1 is 1.21 bits per heavy atom. The Morgan fingerprint density at radius 3 is 2.75 bits per heavy atom. The average Bonchev–Trinajstić information content (AvgIpc) is 2.67. The number of benzene rings is 1. The highest BCUT2D eigenvalue weighted by atomic mass is 127. The van der Waals surface area contributed by atoms with Crippen LogP contribution in [0.25, 0.3) is 0 Å². The third-order valence-electron chi connectivity index (χ3n) is 3.82. The molecule has 8 heteroatoms. The first-order valence-corrected chi connectivity index (χ1v) is 8.97. The van der Waals surface area contributed by atoms with Crippen LogP contribution in [0.15, 0.2) is 41.5 Å². The van der Waals surface area contributed by atoms with E-state index in [9.17, 15) is 4.39 Å². The quantitative estimate of drug-likeness (QED) is 0.238. The number of aryl methyl sites for hydroxylation is 1. The Hall–Kier alpha value is -1.94. The first kappa shape index (κ1) is 24.1. The van der Waals surface area contributed by atoms with E-state index in [-0.39, 0.29) is 29.8 Å². The van der Waals surface area contributed by atoms with Crippen LogP contribution in [0.5, 0.6) is 5.88 Å². The highest BCUT2D eigenvalue weighted by Gasteiger charge is 2.06. The molecule has 2 N–H and O–H groups in total. The van der Waals surface area contributed by atoms with Gasteiger partial charge in [-0.25, -0.2) is 14.4 Å². The third kappa shape index (κ3) is 7.97. The average molecular weight is 502 g/mol. The maximum Gasteiger partial charge on any atom is 0.218 e. The molecule has 1 heterocycles. The number of nitrogens with one attached hydrogen (secondary N) is 2. The molecule has 0 unspecified atom stereocenters. The van der Waals surface area contributed by atoms with Gasteiger partial charge in [0.2, 0.25) is 5.88 Å². The van der Waals surface area contributed by atoms with E-state index in [1.165, 1.54) is 6.07 Å². The molecule has 0 fully saturated rings. The predicted molar refractivity (Wildman–Crippen MR) is 120 cm³/mol. The van der Waals surface area contributed by atoms with Crippen molar-refractivity contribution in [2.75, 3.05) is 26.9 Å². The lowest BCUT2D eigenvalue weighted by Crippen LogP contribution is -2.37. The Morgan fingerprint density at radius 2 is 2.04 bits per heavy atom. The minimum absolute atomic E-state index is 0. The van der Waals surface area contributed by atoms with Gasteiger partial charge >= 0.3 is 0 Å². The second kappa shape index (κ2) is 13.3. The van der Waals surface area contributed by atoms with Crippen molar-refractivity contribution in [3.63, 3.8) is 0 Å². The molecule has 6 nitrogen and oxygen atoms in total. The molecule has 0 aliphatic heterocycles. The maximum atomic E-state index is 13.7. The van der Waals surface area contributed by atoms with E-state index >= 15 is 0 Å². The smallest absolute Gasteiger partial charge is 0.218 e. The molecule has 0 bridgehead atoms. The van der Waals surface area contributed by atoms with Crippen molar-refractivity contribution in [2.24, 2.45) is 4.99 Å². The van der Waals surface area contributed by atoms with E-state index in [0.717, 1.165) is 17.7 Å². The van der Waals surface area contributed by atoms with Crippen LogP contribution < -0.4 is 15.4 Å². The number of halogens is 2. The maximum absolute atomic E-state index is 13.7. The molecule has 154 valence electrons. The first-order chi connectivity index (χ1) is 13.1. The molecule has 0 radical (unpaired) electrons. The van der Waals surface area contributed by atoms with E-state index in [1.54, 1.807) is 26.3 Å². The molecule has 0 spiro atoms. The van der Waals surface area contributed by atoms with Gasteiger partial charge in [0.15, 0.2) is 5.96 Å². The van der Waals surface area contributed by atoms with Gasteiger partial charge in [-0.05, 0) is 37.1 Å². The summed E-state index contributed by atoms with van der Waals surface area (Å²) in [4.78, 5) is 8.79. The first-order valence-electron chi connectivity index (χ1n) is 8.97. The zero-order chi connectivity index (χ0) is 19.5. The van der Waals surface area contributed by atoms with E-state index < -0.39 is 0 Å². The lowest BCUT2D eigenvalue weighted by molar-refractivity contribution is 0.143. The van der Waals surface area contributed by atoms with Crippen molar-refractivity contribution < 1.29 is 13.9 Å². The minimum atomic E-state index is -0.214. The molecule has 2 rings (SSSR count).